The highest BCUT2D eigenvalue weighted by atomic mass is 19.4. The van der Waals surface area contributed by atoms with Crippen LogP contribution in [0.25, 0.3) is 0 Å². The van der Waals surface area contributed by atoms with Crippen LogP contribution in [-0.4, -0.2) is 47.8 Å². The number of hydrogen-bond donors (Lipinski definition) is 1. The van der Waals surface area contributed by atoms with Crippen molar-refractivity contribution >= 4 is 11.7 Å². The van der Waals surface area contributed by atoms with Gasteiger partial charge in [0.2, 0.25) is 0 Å². The van der Waals surface area contributed by atoms with Crippen LogP contribution >= 0.6 is 0 Å². The van der Waals surface area contributed by atoms with E-state index in [2.05, 4.69) is 15.5 Å². The number of nitrogens with zero attached hydrogens (tertiary/aromatic N) is 3. The Hall–Kier alpha value is -1.86. The molecule has 1 rings (SSSR count). The van der Waals surface area contributed by atoms with Gasteiger partial charge in [0.05, 0.1) is 6.42 Å². The summed E-state index contributed by atoms with van der Waals surface area (Å²) >= 11 is 0. The van der Waals surface area contributed by atoms with E-state index < -0.39 is 25.0 Å². The Labute approximate surface area is 102 Å². The number of nitrogens with one attached hydrogen (secondary N) is 1. The van der Waals surface area contributed by atoms with Gasteiger partial charge in [0.25, 0.3) is 5.91 Å². The average molecular weight is 262 g/mol. The Morgan fingerprint density at radius 1 is 1.39 bits per heavy atom. The van der Waals surface area contributed by atoms with E-state index in [1.165, 1.54) is 19.2 Å². The predicted molar refractivity (Wildman–Crippen MR) is 59.2 cm³/mol. The van der Waals surface area contributed by atoms with Gasteiger partial charge in [-0.3, -0.25) is 4.79 Å². The van der Waals surface area contributed by atoms with Gasteiger partial charge >= 0.3 is 6.18 Å². The lowest BCUT2D eigenvalue weighted by molar-refractivity contribution is -0.136. The average Bonchev–Trinajstić information content (AvgIpc) is 2.34. The summed E-state index contributed by atoms with van der Waals surface area (Å²) in [6.45, 7) is -0.405. The summed E-state index contributed by atoms with van der Waals surface area (Å²) in [6.07, 6.45) is -5.33. The standard InChI is InChI=1S/C10H13F3N4O/c1-14-8-4-3-7(15-16-8)9(18)17(2)6-5-10(11,12)13/h3-4H,5-6H2,1-2H3,(H,14,16). The van der Waals surface area contributed by atoms with Crippen LogP contribution in [0.2, 0.25) is 0 Å². The summed E-state index contributed by atoms with van der Waals surface area (Å²) < 4.78 is 36.0. The molecule has 100 valence electrons. The molecule has 1 heterocycles. The Morgan fingerprint density at radius 2 is 2.06 bits per heavy atom. The molecule has 5 nitrogen and oxygen atoms in total. The van der Waals surface area contributed by atoms with Crippen LogP contribution in [0.1, 0.15) is 16.9 Å². The lowest BCUT2D eigenvalue weighted by Gasteiger charge is -2.17. The summed E-state index contributed by atoms with van der Waals surface area (Å²) in [5, 5.41) is 10.0. The first-order chi connectivity index (χ1) is 8.33. The van der Waals surface area contributed by atoms with Crippen molar-refractivity contribution in [3.63, 3.8) is 0 Å². The number of rotatable bonds is 4. The Balaban J connectivity index is 2.62. The molecule has 0 aliphatic rings. The van der Waals surface area contributed by atoms with Crippen LogP contribution in [0.3, 0.4) is 0 Å². The fraction of sp³-hybridized carbons (Fsp3) is 0.500. The van der Waals surface area contributed by atoms with E-state index in [1.807, 2.05) is 0 Å². The van der Waals surface area contributed by atoms with E-state index in [4.69, 9.17) is 0 Å². The molecule has 8 heteroatoms. The number of halogens is 3. The van der Waals surface area contributed by atoms with Crippen LogP contribution in [0.5, 0.6) is 0 Å². The topological polar surface area (TPSA) is 58.1 Å². The second-order valence-corrected chi connectivity index (χ2v) is 3.65. The molecule has 0 aliphatic carbocycles. The summed E-state index contributed by atoms with van der Waals surface area (Å²) in [6, 6.07) is 2.93. The summed E-state index contributed by atoms with van der Waals surface area (Å²) in [4.78, 5) is 12.7. The Bertz CT molecular complexity index is 405. The van der Waals surface area contributed by atoms with Gasteiger partial charge in [0.15, 0.2) is 5.69 Å². The van der Waals surface area contributed by atoms with Gasteiger partial charge in [-0.25, -0.2) is 0 Å². The van der Waals surface area contributed by atoms with Crippen molar-refractivity contribution < 1.29 is 18.0 Å². The van der Waals surface area contributed by atoms with Crippen LogP contribution in [0.4, 0.5) is 19.0 Å². The minimum atomic E-state index is -4.28. The summed E-state index contributed by atoms with van der Waals surface area (Å²) in [5.74, 6) is -0.112. The maximum Gasteiger partial charge on any atom is 0.390 e. The third-order valence-electron chi connectivity index (χ3n) is 2.22. The fourth-order valence-corrected chi connectivity index (χ4v) is 1.17. The van der Waals surface area contributed by atoms with Crippen molar-refractivity contribution in [2.45, 2.75) is 12.6 Å². The molecule has 1 aromatic heterocycles. The van der Waals surface area contributed by atoms with Crippen molar-refractivity contribution in [1.29, 1.82) is 0 Å². The van der Waals surface area contributed by atoms with Gasteiger partial charge in [-0.15, -0.1) is 10.2 Å². The quantitative estimate of drug-likeness (QED) is 0.894. The summed E-state index contributed by atoms with van der Waals surface area (Å²) in [5.41, 5.74) is 0.0127. The largest absolute Gasteiger partial charge is 0.390 e. The van der Waals surface area contributed by atoms with Gasteiger partial charge in [0, 0.05) is 20.6 Å². The van der Waals surface area contributed by atoms with E-state index in [1.54, 1.807) is 7.05 Å². The van der Waals surface area contributed by atoms with Crippen molar-refractivity contribution in [2.75, 3.05) is 26.0 Å². The van der Waals surface area contributed by atoms with Gasteiger partial charge in [0.1, 0.15) is 5.82 Å². The number of carbonyl (C=O) groups is 1. The highest BCUT2D eigenvalue weighted by molar-refractivity contribution is 5.92. The lowest BCUT2D eigenvalue weighted by atomic mass is 10.3. The molecule has 0 aromatic carbocycles. The van der Waals surface area contributed by atoms with Gasteiger partial charge < -0.3 is 10.2 Å². The van der Waals surface area contributed by atoms with E-state index in [0.717, 1.165) is 4.90 Å². The Kier molecular flexibility index (Phi) is 4.46. The van der Waals surface area contributed by atoms with Gasteiger partial charge in [-0.1, -0.05) is 0 Å². The van der Waals surface area contributed by atoms with Crippen LogP contribution in [0, 0.1) is 0 Å². The molecule has 0 aliphatic heterocycles. The van der Waals surface area contributed by atoms with E-state index in [9.17, 15) is 18.0 Å². The summed E-state index contributed by atoms with van der Waals surface area (Å²) in [7, 11) is 2.93. The first kappa shape index (κ1) is 14.2. The zero-order chi connectivity index (χ0) is 13.8. The Morgan fingerprint density at radius 3 is 2.50 bits per heavy atom. The molecular weight excluding hydrogens is 249 g/mol. The molecule has 1 amide bonds. The molecule has 0 radical (unpaired) electrons. The molecule has 0 atom stereocenters. The molecule has 1 N–H and O–H groups in total. The predicted octanol–water partition coefficient (Wildman–Crippen LogP) is 1.54. The molecule has 0 fully saturated rings. The maximum absolute atomic E-state index is 12.0. The molecule has 0 saturated carbocycles. The fourth-order valence-electron chi connectivity index (χ4n) is 1.17. The zero-order valence-corrected chi connectivity index (χ0v) is 9.95. The highest BCUT2D eigenvalue weighted by Crippen LogP contribution is 2.19. The van der Waals surface area contributed by atoms with E-state index >= 15 is 0 Å². The van der Waals surface area contributed by atoms with Crippen molar-refractivity contribution in [2.24, 2.45) is 0 Å². The molecule has 0 unspecified atom stereocenters. The lowest BCUT2D eigenvalue weighted by Crippen LogP contribution is -2.31. The van der Waals surface area contributed by atoms with E-state index in [0.29, 0.717) is 5.82 Å². The van der Waals surface area contributed by atoms with Gasteiger partial charge in [-0.2, -0.15) is 13.2 Å². The second-order valence-electron chi connectivity index (χ2n) is 3.65. The molecule has 0 bridgehead atoms. The highest BCUT2D eigenvalue weighted by Gasteiger charge is 2.28. The SMILES string of the molecule is CNc1ccc(C(=O)N(C)CCC(F)(F)F)nn1. The third-order valence-corrected chi connectivity index (χ3v) is 2.22. The van der Waals surface area contributed by atoms with E-state index in [-0.39, 0.29) is 5.69 Å². The number of aromatic nitrogens is 2. The molecule has 1 aromatic rings. The second kappa shape index (κ2) is 5.65. The molecule has 18 heavy (non-hydrogen) atoms. The normalized spacial score (nSPS) is 11.2. The molecule has 0 spiro atoms. The number of anilines is 1. The molecular formula is C10H13F3N4O. The smallest absolute Gasteiger partial charge is 0.372 e. The third kappa shape index (κ3) is 4.19. The van der Waals surface area contributed by atoms with Crippen LogP contribution in [0.15, 0.2) is 12.1 Å². The maximum atomic E-state index is 12.0. The number of carbonyl (C=O) groups excluding carboxylic acids is 1. The van der Waals surface area contributed by atoms with Crippen molar-refractivity contribution in [1.82, 2.24) is 15.1 Å². The monoisotopic (exact) mass is 262 g/mol. The first-order valence-electron chi connectivity index (χ1n) is 5.17. The number of amides is 1. The minimum Gasteiger partial charge on any atom is -0.372 e. The minimum absolute atomic E-state index is 0.0127. The van der Waals surface area contributed by atoms with Crippen LogP contribution < -0.4 is 5.32 Å². The molecule has 0 saturated heterocycles. The van der Waals surface area contributed by atoms with Crippen molar-refractivity contribution in [3.8, 4) is 0 Å². The number of hydrogen-bond acceptors (Lipinski definition) is 4. The van der Waals surface area contributed by atoms with Crippen LogP contribution in [-0.2, 0) is 0 Å². The zero-order valence-electron chi connectivity index (χ0n) is 9.95. The van der Waals surface area contributed by atoms with Crippen molar-refractivity contribution in [3.05, 3.63) is 17.8 Å². The van der Waals surface area contributed by atoms with Gasteiger partial charge in [-0.05, 0) is 12.1 Å². The number of alkyl halides is 3. The first-order valence-corrected chi connectivity index (χ1v) is 5.17.